The molecule has 1 aromatic heterocycles. The van der Waals surface area contributed by atoms with E-state index >= 15 is 0 Å². The molecule has 0 unspecified atom stereocenters. The Balaban J connectivity index is 1.72. The molecule has 0 aliphatic heterocycles. The Hall–Kier alpha value is -2.99. The number of nitrogens with one attached hydrogen (secondary N) is 1. The molecule has 2 N–H and O–H groups in total. The van der Waals surface area contributed by atoms with E-state index in [1.807, 2.05) is 30.3 Å². The van der Waals surface area contributed by atoms with Crippen molar-refractivity contribution in [3.63, 3.8) is 0 Å². The molecular weight excluding hydrogens is 292 g/mol. The highest BCUT2D eigenvalue weighted by atomic mass is 16.3. The maximum Gasteiger partial charge on any atom is 0.251 e. The third-order valence-electron chi connectivity index (χ3n) is 3.52. The Bertz CT molecular complexity index is 800. The molecule has 0 saturated heterocycles. The van der Waals surface area contributed by atoms with Crippen LogP contribution in [0.1, 0.15) is 21.5 Å². The highest BCUT2D eigenvalue weighted by Gasteiger charge is 2.08. The van der Waals surface area contributed by atoms with Gasteiger partial charge >= 0.3 is 0 Å². The second-order valence-electron chi connectivity index (χ2n) is 5.00. The fourth-order valence-corrected chi connectivity index (χ4v) is 2.29. The molecule has 0 spiro atoms. The summed E-state index contributed by atoms with van der Waals surface area (Å²) < 4.78 is 1.60. The fraction of sp³-hybridized carbons (Fsp3) is 0.118. The standard InChI is InChI=1S/C17H16N4O2/c22-10-15-5-2-1-4-14(15)9-19-17(23)13-6-3-7-16(8-13)21-12-18-11-20-21/h1-8,11-12,22H,9-10H2,(H,19,23). The lowest BCUT2D eigenvalue weighted by Crippen LogP contribution is -2.23. The van der Waals surface area contributed by atoms with E-state index in [1.54, 1.807) is 29.2 Å². The van der Waals surface area contributed by atoms with Crippen LogP contribution < -0.4 is 5.32 Å². The Morgan fingerprint density at radius 3 is 2.70 bits per heavy atom. The summed E-state index contributed by atoms with van der Waals surface area (Å²) in [5.74, 6) is -0.181. The van der Waals surface area contributed by atoms with E-state index in [0.717, 1.165) is 16.8 Å². The first-order chi connectivity index (χ1) is 11.3. The van der Waals surface area contributed by atoms with Gasteiger partial charge in [-0.15, -0.1) is 0 Å². The average molecular weight is 308 g/mol. The highest BCUT2D eigenvalue weighted by molar-refractivity contribution is 5.94. The van der Waals surface area contributed by atoms with Gasteiger partial charge in [-0.2, -0.15) is 5.10 Å². The second kappa shape index (κ2) is 6.85. The lowest BCUT2D eigenvalue weighted by Gasteiger charge is -2.09. The maximum absolute atomic E-state index is 12.3. The number of nitrogens with zero attached hydrogens (tertiary/aromatic N) is 3. The molecule has 6 heteroatoms. The topological polar surface area (TPSA) is 80.0 Å². The minimum absolute atomic E-state index is 0.0478. The maximum atomic E-state index is 12.3. The summed E-state index contributed by atoms with van der Waals surface area (Å²) in [6.45, 7) is 0.316. The van der Waals surface area contributed by atoms with Crippen molar-refractivity contribution in [3.05, 3.63) is 77.9 Å². The van der Waals surface area contributed by atoms with E-state index in [-0.39, 0.29) is 12.5 Å². The second-order valence-corrected chi connectivity index (χ2v) is 5.00. The summed E-state index contributed by atoms with van der Waals surface area (Å²) in [5.41, 5.74) is 3.02. The van der Waals surface area contributed by atoms with Gasteiger partial charge in [0.25, 0.3) is 5.91 Å². The molecule has 3 rings (SSSR count). The van der Waals surface area contributed by atoms with E-state index in [4.69, 9.17) is 0 Å². The first kappa shape index (κ1) is 14.9. The zero-order valence-electron chi connectivity index (χ0n) is 12.4. The third kappa shape index (κ3) is 3.44. The van der Waals surface area contributed by atoms with Crippen molar-refractivity contribution in [2.24, 2.45) is 0 Å². The summed E-state index contributed by atoms with van der Waals surface area (Å²) >= 11 is 0. The molecule has 0 aliphatic carbocycles. The summed E-state index contributed by atoms with van der Waals surface area (Å²) in [4.78, 5) is 16.2. The van der Waals surface area contributed by atoms with Crippen molar-refractivity contribution >= 4 is 5.91 Å². The van der Waals surface area contributed by atoms with Gasteiger partial charge in [0.05, 0.1) is 12.3 Å². The SMILES string of the molecule is O=C(NCc1ccccc1CO)c1cccc(-n2cncn2)c1. The molecule has 0 fully saturated rings. The normalized spacial score (nSPS) is 10.5. The fourth-order valence-electron chi connectivity index (χ4n) is 2.29. The van der Waals surface area contributed by atoms with Crippen molar-refractivity contribution in [3.8, 4) is 5.69 Å². The predicted molar refractivity (Wildman–Crippen MR) is 84.9 cm³/mol. The number of aliphatic hydroxyl groups excluding tert-OH is 1. The van der Waals surface area contributed by atoms with Crippen LogP contribution in [-0.4, -0.2) is 25.8 Å². The minimum atomic E-state index is -0.181. The predicted octanol–water partition coefficient (Wildman–Crippen LogP) is 1.69. The monoisotopic (exact) mass is 308 g/mol. The lowest BCUT2D eigenvalue weighted by molar-refractivity contribution is 0.0950. The molecule has 0 atom stereocenters. The average Bonchev–Trinajstić information content (AvgIpc) is 3.14. The van der Waals surface area contributed by atoms with E-state index < -0.39 is 0 Å². The molecule has 2 aromatic carbocycles. The van der Waals surface area contributed by atoms with Crippen LogP contribution in [0, 0.1) is 0 Å². The van der Waals surface area contributed by atoms with E-state index in [2.05, 4.69) is 15.4 Å². The highest BCUT2D eigenvalue weighted by Crippen LogP contribution is 2.11. The summed E-state index contributed by atoms with van der Waals surface area (Å²) in [6, 6.07) is 14.6. The van der Waals surface area contributed by atoms with Crippen molar-refractivity contribution < 1.29 is 9.90 Å². The number of carbonyl (C=O) groups is 1. The van der Waals surface area contributed by atoms with Gasteiger partial charge in [0, 0.05) is 12.1 Å². The molecule has 1 heterocycles. The summed E-state index contributed by atoms with van der Waals surface area (Å²) in [7, 11) is 0. The van der Waals surface area contributed by atoms with Crippen molar-refractivity contribution in [2.75, 3.05) is 0 Å². The molecule has 116 valence electrons. The van der Waals surface area contributed by atoms with Gasteiger partial charge in [-0.1, -0.05) is 30.3 Å². The molecule has 0 radical (unpaired) electrons. The first-order valence-electron chi connectivity index (χ1n) is 7.19. The number of aromatic nitrogens is 3. The van der Waals surface area contributed by atoms with Crippen LogP contribution in [-0.2, 0) is 13.2 Å². The smallest absolute Gasteiger partial charge is 0.251 e. The molecule has 23 heavy (non-hydrogen) atoms. The number of hydrogen-bond acceptors (Lipinski definition) is 4. The number of aliphatic hydroxyl groups is 1. The quantitative estimate of drug-likeness (QED) is 0.751. The van der Waals surface area contributed by atoms with Crippen LogP contribution in [0.4, 0.5) is 0 Å². The van der Waals surface area contributed by atoms with Crippen LogP contribution in [0.2, 0.25) is 0 Å². The van der Waals surface area contributed by atoms with Crippen molar-refractivity contribution in [2.45, 2.75) is 13.2 Å². The molecular formula is C17H16N4O2. The minimum Gasteiger partial charge on any atom is -0.392 e. The number of carbonyl (C=O) groups excluding carboxylic acids is 1. The first-order valence-corrected chi connectivity index (χ1v) is 7.19. The number of rotatable bonds is 5. The van der Waals surface area contributed by atoms with Gasteiger partial charge in [-0.25, -0.2) is 9.67 Å². The number of hydrogen-bond donors (Lipinski definition) is 2. The van der Waals surface area contributed by atoms with E-state index in [0.29, 0.717) is 12.1 Å². The Morgan fingerprint density at radius 2 is 1.96 bits per heavy atom. The van der Waals surface area contributed by atoms with Crippen LogP contribution in [0.3, 0.4) is 0 Å². The molecule has 6 nitrogen and oxygen atoms in total. The van der Waals surface area contributed by atoms with Crippen LogP contribution in [0.25, 0.3) is 5.69 Å². The molecule has 0 saturated carbocycles. The third-order valence-corrected chi connectivity index (χ3v) is 3.52. The van der Waals surface area contributed by atoms with E-state index in [1.165, 1.54) is 6.33 Å². The van der Waals surface area contributed by atoms with Crippen molar-refractivity contribution in [1.29, 1.82) is 0 Å². The van der Waals surface area contributed by atoms with Gasteiger partial charge in [0.2, 0.25) is 0 Å². The molecule has 0 aliphatic rings. The zero-order valence-corrected chi connectivity index (χ0v) is 12.4. The Kier molecular flexibility index (Phi) is 4.44. The Labute approximate surface area is 133 Å². The van der Waals surface area contributed by atoms with E-state index in [9.17, 15) is 9.90 Å². The van der Waals surface area contributed by atoms with Gasteiger partial charge in [0.1, 0.15) is 12.7 Å². The molecule has 0 bridgehead atoms. The number of amides is 1. The van der Waals surface area contributed by atoms with Gasteiger partial charge in [0.15, 0.2) is 0 Å². The van der Waals surface area contributed by atoms with Crippen LogP contribution in [0.5, 0.6) is 0 Å². The van der Waals surface area contributed by atoms with Gasteiger partial charge in [-0.05, 0) is 29.3 Å². The van der Waals surface area contributed by atoms with Crippen LogP contribution >= 0.6 is 0 Å². The summed E-state index contributed by atoms with van der Waals surface area (Å²) in [5, 5.41) is 16.2. The number of benzene rings is 2. The largest absolute Gasteiger partial charge is 0.392 e. The van der Waals surface area contributed by atoms with Gasteiger partial charge in [-0.3, -0.25) is 4.79 Å². The lowest BCUT2D eigenvalue weighted by atomic mass is 10.1. The summed E-state index contributed by atoms with van der Waals surface area (Å²) in [6.07, 6.45) is 3.02. The zero-order chi connectivity index (χ0) is 16.1. The van der Waals surface area contributed by atoms with Crippen LogP contribution in [0.15, 0.2) is 61.2 Å². The molecule has 1 amide bonds. The molecule has 3 aromatic rings. The van der Waals surface area contributed by atoms with Gasteiger partial charge < -0.3 is 10.4 Å². The van der Waals surface area contributed by atoms with Crippen molar-refractivity contribution in [1.82, 2.24) is 20.1 Å². The Morgan fingerprint density at radius 1 is 1.13 bits per heavy atom.